The number of likely N-dealkylation sites (tertiary alicyclic amines) is 2. The van der Waals surface area contributed by atoms with Crippen LogP contribution < -0.4 is 0 Å². The van der Waals surface area contributed by atoms with E-state index >= 15 is 0 Å². The van der Waals surface area contributed by atoms with Crippen molar-refractivity contribution in [2.75, 3.05) is 32.7 Å². The second kappa shape index (κ2) is 11.0. The Morgan fingerprint density at radius 2 is 1.80 bits per heavy atom. The Balaban J connectivity index is 1.31. The van der Waals surface area contributed by atoms with Crippen LogP contribution >= 0.6 is 11.6 Å². The Hall–Kier alpha value is -1.95. The number of benzene rings is 2. The largest absolute Gasteiger partial charge is 0.385 e. The summed E-state index contributed by atoms with van der Waals surface area (Å²) in [6.45, 7) is 7.99. The highest BCUT2D eigenvalue weighted by molar-refractivity contribution is 6.30. The summed E-state index contributed by atoms with van der Waals surface area (Å²) in [6.07, 6.45) is 5.27. The summed E-state index contributed by atoms with van der Waals surface area (Å²) in [4.78, 5) is 17.5. The molecule has 4 nitrogen and oxygen atoms in total. The minimum atomic E-state index is -0.920. The zero-order valence-electron chi connectivity index (χ0n) is 21.0. The van der Waals surface area contributed by atoms with Crippen molar-refractivity contribution in [1.82, 2.24) is 9.80 Å². The molecule has 0 radical (unpaired) electrons. The molecule has 2 atom stereocenters. The molecule has 0 aliphatic carbocycles. The zero-order valence-corrected chi connectivity index (χ0v) is 21.7. The van der Waals surface area contributed by atoms with E-state index in [9.17, 15) is 14.3 Å². The number of rotatable bonds is 6. The second-order valence-corrected chi connectivity index (χ2v) is 11.5. The van der Waals surface area contributed by atoms with Crippen molar-refractivity contribution in [2.45, 2.75) is 58.0 Å². The molecular weight excluding hydrogens is 463 g/mol. The van der Waals surface area contributed by atoms with Crippen molar-refractivity contribution in [3.63, 3.8) is 0 Å². The first kappa shape index (κ1) is 26.1. The summed E-state index contributed by atoms with van der Waals surface area (Å²) in [5.74, 6) is 0.418. The van der Waals surface area contributed by atoms with Gasteiger partial charge in [0, 0.05) is 49.6 Å². The lowest BCUT2D eigenvalue weighted by Crippen LogP contribution is -2.55. The van der Waals surface area contributed by atoms with Gasteiger partial charge in [-0.05, 0) is 67.0 Å². The molecule has 6 heteroatoms. The topological polar surface area (TPSA) is 43.8 Å². The molecule has 2 aromatic carbocycles. The molecule has 1 N–H and O–H groups in total. The van der Waals surface area contributed by atoms with Gasteiger partial charge in [-0.15, -0.1) is 0 Å². The summed E-state index contributed by atoms with van der Waals surface area (Å²) in [6, 6.07) is 14.3. The molecule has 35 heavy (non-hydrogen) atoms. The van der Waals surface area contributed by atoms with Crippen LogP contribution in [0, 0.1) is 17.2 Å². The molecule has 0 bridgehead atoms. The molecule has 2 fully saturated rings. The van der Waals surface area contributed by atoms with Gasteiger partial charge in [0.05, 0.1) is 5.60 Å². The van der Waals surface area contributed by atoms with Crippen molar-refractivity contribution < 1.29 is 14.3 Å². The maximum absolute atomic E-state index is 13.3. The van der Waals surface area contributed by atoms with E-state index in [1.165, 1.54) is 12.1 Å². The standard InChI is InChI=1S/C29H38ClFN2O2/c1-28(2)21-32(18-15-29(28,35)24-8-10-25(30)11-9-24)17-14-27(34)33-16-4-3-5-23(20-33)19-22-6-12-26(31)13-7-22/h6-13,23,35H,3-5,14-21H2,1-2H3/t23-,29+/m0/s1. The number of carbonyl (C=O) groups is 1. The normalized spacial score (nSPS) is 25.3. The van der Waals surface area contributed by atoms with Gasteiger partial charge in [-0.2, -0.15) is 0 Å². The number of amides is 1. The van der Waals surface area contributed by atoms with E-state index < -0.39 is 5.60 Å². The third-order valence-electron chi connectivity index (χ3n) is 8.05. The Morgan fingerprint density at radius 3 is 2.49 bits per heavy atom. The monoisotopic (exact) mass is 500 g/mol. The first-order chi connectivity index (χ1) is 16.7. The minimum Gasteiger partial charge on any atom is -0.385 e. The van der Waals surface area contributed by atoms with Crippen LogP contribution in [0.2, 0.25) is 5.02 Å². The highest BCUT2D eigenvalue weighted by atomic mass is 35.5. The number of hydrogen-bond donors (Lipinski definition) is 1. The third kappa shape index (κ3) is 6.25. The average Bonchev–Trinajstić information content (AvgIpc) is 3.07. The molecule has 1 amide bonds. The van der Waals surface area contributed by atoms with Crippen LogP contribution in [-0.2, 0) is 16.8 Å². The lowest BCUT2D eigenvalue weighted by atomic mass is 9.66. The number of hydrogen-bond acceptors (Lipinski definition) is 3. The van der Waals surface area contributed by atoms with Gasteiger partial charge in [0.1, 0.15) is 5.82 Å². The molecule has 0 unspecified atom stereocenters. The molecule has 190 valence electrons. The van der Waals surface area contributed by atoms with Crippen LogP contribution in [0.1, 0.15) is 57.1 Å². The maximum atomic E-state index is 13.3. The van der Waals surface area contributed by atoms with Crippen molar-refractivity contribution in [3.05, 3.63) is 70.5 Å². The van der Waals surface area contributed by atoms with Crippen LogP contribution in [0.15, 0.2) is 48.5 Å². The first-order valence-electron chi connectivity index (χ1n) is 12.9. The fraction of sp³-hybridized carbons (Fsp3) is 0.552. The van der Waals surface area contributed by atoms with Crippen molar-refractivity contribution in [1.29, 1.82) is 0 Å². The van der Waals surface area contributed by atoms with Gasteiger partial charge in [0.15, 0.2) is 0 Å². The average molecular weight is 501 g/mol. The second-order valence-electron chi connectivity index (χ2n) is 11.1. The lowest BCUT2D eigenvalue weighted by Gasteiger charge is -2.50. The molecule has 2 aliphatic heterocycles. The SMILES string of the molecule is CC1(C)CN(CCC(=O)N2CCCC[C@@H](Cc3ccc(F)cc3)C2)CC[C@@]1(O)c1ccc(Cl)cc1. The van der Waals surface area contributed by atoms with Crippen LogP contribution in [0.3, 0.4) is 0 Å². The number of halogens is 2. The van der Waals surface area contributed by atoms with Crippen LogP contribution in [-0.4, -0.2) is 53.5 Å². The van der Waals surface area contributed by atoms with Crippen molar-refractivity contribution >= 4 is 17.5 Å². The van der Waals surface area contributed by atoms with Crippen molar-refractivity contribution in [2.24, 2.45) is 11.3 Å². The van der Waals surface area contributed by atoms with Crippen LogP contribution in [0.25, 0.3) is 0 Å². The molecule has 0 saturated carbocycles. The van der Waals surface area contributed by atoms with Gasteiger partial charge in [0.2, 0.25) is 5.91 Å². The smallest absolute Gasteiger partial charge is 0.223 e. The maximum Gasteiger partial charge on any atom is 0.223 e. The lowest BCUT2D eigenvalue weighted by molar-refractivity contribution is -0.136. The Morgan fingerprint density at radius 1 is 1.09 bits per heavy atom. The molecular formula is C29H38ClFN2O2. The predicted octanol–water partition coefficient (Wildman–Crippen LogP) is 5.66. The summed E-state index contributed by atoms with van der Waals surface area (Å²) in [7, 11) is 0. The molecule has 0 spiro atoms. The summed E-state index contributed by atoms with van der Waals surface area (Å²) in [5.41, 5.74) is 0.760. The van der Waals surface area contributed by atoms with E-state index in [2.05, 4.69) is 18.7 Å². The van der Waals surface area contributed by atoms with Gasteiger partial charge in [-0.25, -0.2) is 4.39 Å². The number of aliphatic hydroxyl groups is 1. The van der Waals surface area contributed by atoms with Gasteiger partial charge in [0.25, 0.3) is 0 Å². The molecule has 2 saturated heterocycles. The summed E-state index contributed by atoms with van der Waals surface area (Å²) < 4.78 is 13.3. The Labute approximate surface area is 214 Å². The minimum absolute atomic E-state index is 0.209. The zero-order chi connectivity index (χ0) is 25.1. The van der Waals surface area contributed by atoms with Gasteiger partial charge < -0.3 is 14.9 Å². The highest BCUT2D eigenvalue weighted by Crippen LogP contribution is 2.46. The first-order valence-corrected chi connectivity index (χ1v) is 13.3. The van der Waals surface area contributed by atoms with Crippen LogP contribution in [0.4, 0.5) is 4.39 Å². The molecule has 2 heterocycles. The van der Waals surface area contributed by atoms with E-state index in [0.717, 1.165) is 63.0 Å². The number of piperidine rings is 1. The van der Waals surface area contributed by atoms with E-state index in [1.807, 2.05) is 41.3 Å². The highest BCUT2D eigenvalue weighted by Gasteiger charge is 2.48. The Bertz CT molecular complexity index is 995. The molecule has 2 aromatic rings. The quantitative estimate of drug-likeness (QED) is 0.556. The van der Waals surface area contributed by atoms with Crippen LogP contribution in [0.5, 0.6) is 0 Å². The fourth-order valence-corrected chi connectivity index (χ4v) is 5.99. The Kier molecular flexibility index (Phi) is 8.19. The number of carbonyl (C=O) groups excluding carboxylic acids is 1. The molecule has 4 rings (SSSR count). The van der Waals surface area contributed by atoms with Gasteiger partial charge in [-0.1, -0.05) is 56.1 Å². The fourth-order valence-electron chi connectivity index (χ4n) is 5.87. The number of nitrogens with zero attached hydrogens (tertiary/aromatic N) is 2. The van der Waals surface area contributed by atoms with Crippen molar-refractivity contribution in [3.8, 4) is 0 Å². The van der Waals surface area contributed by atoms with E-state index in [1.54, 1.807) is 0 Å². The van der Waals surface area contributed by atoms with E-state index in [-0.39, 0.29) is 17.1 Å². The van der Waals surface area contributed by atoms with E-state index in [0.29, 0.717) is 30.3 Å². The predicted molar refractivity (Wildman–Crippen MR) is 139 cm³/mol. The molecule has 2 aliphatic rings. The van der Waals surface area contributed by atoms with Gasteiger partial charge >= 0.3 is 0 Å². The summed E-state index contributed by atoms with van der Waals surface area (Å²) in [5, 5.41) is 12.3. The third-order valence-corrected chi connectivity index (χ3v) is 8.30. The summed E-state index contributed by atoms with van der Waals surface area (Å²) >= 11 is 6.05. The van der Waals surface area contributed by atoms with E-state index in [4.69, 9.17) is 11.6 Å². The molecule has 0 aromatic heterocycles. The van der Waals surface area contributed by atoms with Gasteiger partial charge in [-0.3, -0.25) is 4.79 Å².